The first kappa shape index (κ1) is 22.4. The topological polar surface area (TPSA) is 89.7 Å². The molecule has 1 atom stereocenters. The van der Waals surface area contributed by atoms with Crippen LogP contribution in [0.25, 0.3) is 6.08 Å². The lowest BCUT2D eigenvalue weighted by Crippen LogP contribution is -2.28. The Labute approximate surface area is 166 Å². The average Bonchev–Trinajstić information content (AvgIpc) is 2.64. The maximum absolute atomic E-state index is 12.4. The molecule has 29 heavy (non-hydrogen) atoms. The van der Waals surface area contributed by atoms with Crippen LogP contribution in [0.2, 0.25) is 0 Å². The van der Waals surface area contributed by atoms with E-state index in [-0.39, 0.29) is 22.6 Å². The third-order valence-electron chi connectivity index (χ3n) is 4.15. The normalized spacial score (nSPS) is 13.3. The van der Waals surface area contributed by atoms with Gasteiger partial charge in [-0.15, -0.1) is 13.2 Å². The first-order chi connectivity index (χ1) is 13.4. The second-order valence-corrected chi connectivity index (χ2v) is 7.75. The molecule has 0 aliphatic heterocycles. The number of primary sulfonamides is 1. The summed E-state index contributed by atoms with van der Waals surface area (Å²) in [4.78, 5) is 13.8. The van der Waals surface area contributed by atoms with E-state index in [1.807, 2.05) is 0 Å². The lowest BCUT2D eigenvalue weighted by Gasteiger charge is -2.24. The second kappa shape index (κ2) is 8.66. The Hall–Kier alpha value is -2.85. The molecule has 2 aromatic carbocycles. The van der Waals surface area contributed by atoms with Crippen molar-refractivity contribution >= 4 is 22.0 Å². The van der Waals surface area contributed by atoms with Crippen LogP contribution >= 0.6 is 0 Å². The van der Waals surface area contributed by atoms with E-state index < -0.39 is 16.4 Å². The van der Waals surface area contributed by atoms with E-state index in [0.29, 0.717) is 11.1 Å². The standard InChI is InChI=1S/C19H19F3N2O4S/c1-13(15-6-10-17(11-7-15)29(23,26)27)24(2)18(25)12-5-14-3-8-16(9-4-14)28-19(20,21)22/h3-13H,1-2H3,(H2,23,26,27)/b12-5+. The van der Waals surface area contributed by atoms with Gasteiger partial charge < -0.3 is 9.64 Å². The summed E-state index contributed by atoms with van der Waals surface area (Å²) in [5, 5.41) is 5.06. The van der Waals surface area contributed by atoms with Crippen LogP contribution in [0.3, 0.4) is 0 Å². The Kier molecular flexibility index (Phi) is 6.70. The number of likely N-dealkylation sites (N-methyl/N-ethyl adjacent to an activating group) is 1. The fraction of sp³-hybridized carbons (Fsp3) is 0.211. The number of carbonyl (C=O) groups excluding carboxylic acids is 1. The summed E-state index contributed by atoms with van der Waals surface area (Å²) in [6, 6.07) is 10.6. The molecule has 0 saturated carbocycles. The fourth-order valence-electron chi connectivity index (χ4n) is 2.42. The Bertz CT molecular complexity index is 986. The van der Waals surface area contributed by atoms with E-state index in [2.05, 4.69) is 4.74 Å². The molecule has 0 fully saturated rings. The molecular formula is C19H19F3N2O4S. The molecule has 0 radical (unpaired) electrons. The molecule has 0 aliphatic carbocycles. The lowest BCUT2D eigenvalue weighted by molar-refractivity contribution is -0.274. The first-order valence-corrected chi connectivity index (χ1v) is 9.85. The highest BCUT2D eigenvalue weighted by Gasteiger charge is 2.30. The van der Waals surface area contributed by atoms with Crippen LogP contribution in [0.1, 0.15) is 24.1 Å². The van der Waals surface area contributed by atoms with Crippen molar-refractivity contribution in [2.24, 2.45) is 5.14 Å². The van der Waals surface area contributed by atoms with Gasteiger partial charge in [-0.05, 0) is 48.4 Å². The third-order valence-corrected chi connectivity index (χ3v) is 5.08. The molecule has 2 N–H and O–H groups in total. The number of nitrogens with two attached hydrogens (primary N) is 1. The number of benzene rings is 2. The summed E-state index contributed by atoms with van der Waals surface area (Å²) < 4.78 is 62.9. The van der Waals surface area contributed by atoms with Gasteiger partial charge in [0.1, 0.15) is 5.75 Å². The van der Waals surface area contributed by atoms with Crippen molar-refractivity contribution in [3.8, 4) is 5.75 Å². The van der Waals surface area contributed by atoms with Gasteiger partial charge in [-0.25, -0.2) is 13.6 Å². The number of alkyl halides is 3. The number of halogens is 3. The smallest absolute Gasteiger partial charge is 0.406 e. The molecule has 2 rings (SSSR count). The fourth-order valence-corrected chi connectivity index (χ4v) is 2.93. The SMILES string of the molecule is CC(c1ccc(S(N)(=O)=O)cc1)N(C)C(=O)/C=C/c1ccc(OC(F)(F)F)cc1. The number of hydrogen-bond acceptors (Lipinski definition) is 4. The third kappa shape index (κ3) is 6.61. The van der Waals surface area contributed by atoms with Crippen molar-refractivity contribution in [3.05, 3.63) is 65.7 Å². The van der Waals surface area contributed by atoms with Crippen LogP contribution in [0.4, 0.5) is 13.2 Å². The largest absolute Gasteiger partial charge is 0.573 e. The minimum absolute atomic E-state index is 0.0275. The van der Waals surface area contributed by atoms with E-state index in [4.69, 9.17) is 5.14 Å². The quantitative estimate of drug-likeness (QED) is 0.714. The number of nitrogens with zero attached hydrogens (tertiary/aromatic N) is 1. The van der Waals surface area contributed by atoms with Crippen molar-refractivity contribution in [1.82, 2.24) is 4.90 Å². The second-order valence-electron chi connectivity index (χ2n) is 6.19. The summed E-state index contributed by atoms with van der Waals surface area (Å²) in [7, 11) is -2.22. The van der Waals surface area contributed by atoms with Crippen LogP contribution in [0.15, 0.2) is 59.5 Å². The zero-order valence-corrected chi connectivity index (χ0v) is 16.4. The molecule has 0 spiro atoms. The highest BCUT2D eigenvalue weighted by molar-refractivity contribution is 7.89. The Morgan fingerprint density at radius 2 is 1.66 bits per heavy atom. The molecule has 0 saturated heterocycles. The minimum atomic E-state index is -4.77. The molecule has 6 nitrogen and oxygen atoms in total. The van der Waals surface area contributed by atoms with Crippen LogP contribution in [0, 0.1) is 0 Å². The van der Waals surface area contributed by atoms with Crippen LogP contribution < -0.4 is 9.88 Å². The summed E-state index contributed by atoms with van der Waals surface area (Å²) in [6.45, 7) is 1.76. The monoisotopic (exact) mass is 428 g/mol. The predicted molar refractivity (Wildman–Crippen MR) is 101 cm³/mol. The van der Waals surface area contributed by atoms with Crippen molar-refractivity contribution in [3.63, 3.8) is 0 Å². The van der Waals surface area contributed by atoms with Crippen molar-refractivity contribution < 1.29 is 31.1 Å². The number of carbonyl (C=O) groups is 1. The van der Waals surface area contributed by atoms with Gasteiger partial charge >= 0.3 is 6.36 Å². The number of sulfonamides is 1. The van der Waals surface area contributed by atoms with Crippen molar-refractivity contribution in [1.29, 1.82) is 0 Å². The van der Waals surface area contributed by atoms with Gasteiger partial charge in [0.2, 0.25) is 15.9 Å². The van der Waals surface area contributed by atoms with E-state index in [0.717, 1.165) is 12.1 Å². The zero-order chi connectivity index (χ0) is 21.8. The van der Waals surface area contributed by atoms with Crippen LogP contribution in [-0.4, -0.2) is 32.6 Å². The van der Waals surface area contributed by atoms with Gasteiger partial charge in [0, 0.05) is 13.1 Å². The van der Waals surface area contributed by atoms with Gasteiger partial charge in [-0.2, -0.15) is 0 Å². The summed E-state index contributed by atoms with van der Waals surface area (Å²) in [5.41, 5.74) is 1.22. The molecule has 0 aromatic heterocycles. The van der Waals surface area contributed by atoms with E-state index in [9.17, 15) is 26.4 Å². The summed E-state index contributed by atoms with van der Waals surface area (Å²) >= 11 is 0. The molecule has 156 valence electrons. The molecule has 1 unspecified atom stereocenters. The van der Waals surface area contributed by atoms with Crippen molar-refractivity contribution in [2.75, 3.05) is 7.05 Å². The molecule has 1 amide bonds. The molecule has 0 aliphatic rings. The zero-order valence-electron chi connectivity index (χ0n) is 15.6. The van der Waals surface area contributed by atoms with Crippen LogP contribution in [0.5, 0.6) is 5.75 Å². The highest BCUT2D eigenvalue weighted by atomic mass is 32.2. The van der Waals surface area contributed by atoms with E-state index >= 15 is 0 Å². The van der Waals surface area contributed by atoms with Gasteiger partial charge in [0.25, 0.3) is 0 Å². The minimum Gasteiger partial charge on any atom is -0.406 e. The lowest BCUT2D eigenvalue weighted by atomic mass is 10.1. The van der Waals surface area contributed by atoms with Gasteiger partial charge in [0.15, 0.2) is 0 Å². The van der Waals surface area contributed by atoms with E-state index in [1.165, 1.54) is 41.3 Å². The highest BCUT2D eigenvalue weighted by Crippen LogP contribution is 2.23. The van der Waals surface area contributed by atoms with Crippen molar-refractivity contribution in [2.45, 2.75) is 24.2 Å². The maximum Gasteiger partial charge on any atom is 0.573 e. The van der Waals surface area contributed by atoms with E-state index in [1.54, 1.807) is 26.1 Å². The number of amides is 1. The molecule has 0 bridgehead atoms. The Morgan fingerprint density at radius 1 is 1.10 bits per heavy atom. The number of hydrogen-bond donors (Lipinski definition) is 1. The molecule has 2 aromatic rings. The average molecular weight is 428 g/mol. The Morgan fingerprint density at radius 3 is 2.14 bits per heavy atom. The predicted octanol–water partition coefficient (Wildman–Crippen LogP) is 3.47. The Balaban J connectivity index is 2.04. The van der Waals surface area contributed by atoms with Gasteiger partial charge in [-0.1, -0.05) is 24.3 Å². The maximum atomic E-state index is 12.4. The van der Waals surface area contributed by atoms with Gasteiger partial charge in [-0.3, -0.25) is 4.79 Å². The molecule has 10 heteroatoms. The van der Waals surface area contributed by atoms with Crippen LogP contribution in [-0.2, 0) is 14.8 Å². The summed E-state index contributed by atoms with van der Waals surface area (Å²) in [6.07, 6.45) is -2.01. The molecular weight excluding hydrogens is 409 g/mol. The number of rotatable bonds is 6. The summed E-state index contributed by atoms with van der Waals surface area (Å²) in [5.74, 6) is -0.696. The molecule has 0 heterocycles. The number of ether oxygens (including phenoxy) is 1. The van der Waals surface area contributed by atoms with Gasteiger partial charge in [0.05, 0.1) is 10.9 Å². The first-order valence-electron chi connectivity index (χ1n) is 8.30.